The molecule has 2 fully saturated rings. The van der Waals surface area contributed by atoms with Gasteiger partial charge >= 0.3 is 0 Å². The quantitative estimate of drug-likeness (QED) is 0.218. The zero-order valence-electron chi connectivity index (χ0n) is 17.6. The second-order valence-electron chi connectivity index (χ2n) is 7.31. The fourth-order valence-electron chi connectivity index (χ4n) is 3.62. The third kappa shape index (κ3) is 8.26. The number of aliphatic imine (C=N–C) groups is 1. The molecule has 30 heavy (non-hydrogen) atoms. The molecule has 2 saturated heterocycles. The molecule has 2 unspecified atom stereocenters. The van der Waals surface area contributed by atoms with Gasteiger partial charge in [-0.15, -0.1) is 24.0 Å². The first-order chi connectivity index (χ1) is 14.3. The van der Waals surface area contributed by atoms with Gasteiger partial charge in [-0.25, -0.2) is 4.39 Å². The summed E-state index contributed by atoms with van der Waals surface area (Å²) in [5, 5.41) is 6.75. The molecule has 1 aromatic rings. The minimum absolute atomic E-state index is 0. The standard InChI is InChI=1S/C21H33FN4O3.HI/c1-23-21(24-8-2-11-29-19-7-12-28-16-19)25-15-20(26-9-13-27-14-10-26)17-3-5-18(22)6-4-17;/h3-6,19-20H,2,7-16H2,1H3,(H2,23,24,25);1H. The fraction of sp³-hybridized carbons (Fsp3) is 0.667. The smallest absolute Gasteiger partial charge is 0.191 e. The minimum atomic E-state index is -0.216. The SMILES string of the molecule is CN=C(NCCCOC1CCOC1)NCC(c1ccc(F)cc1)N1CCOCC1.I. The van der Waals surface area contributed by atoms with Crippen molar-refractivity contribution in [1.82, 2.24) is 15.5 Å². The van der Waals surface area contributed by atoms with Crippen molar-refractivity contribution in [2.24, 2.45) is 4.99 Å². The Labute approximate surface area is 195 Å². The Hall–Kier alpha value is -1.01. The predicted octanol–water partition coefficient (Wildman–Crippen LogP) is 2.18. The van der Waals surface area contributed by atoms with Gasteiger partial charge in [0.15, 0.2) is 5.96 Å². The first-order valence-corrected chi connectivity index (χ1v) is 10.5. The molecular weight excluding hydrogens is 502 g/mol. The maximum absolute atomic E-state index is 13.4. The molecule has 0 amide bonds. The number of guanidine groups is 1. The number of halogens is 2. The number of morpholine rings is 1. The lowest BCUT2D eigenvalue weighted by atomic mass is 10.0. The van der Waals surface area contributed by atoms with E-state index < -0.39 is 0 Å². The number of hydrogen-bond acceptors (Lipinski definition) is 5. The van der Waals surface area contributed by atoms with Crippen molar-refractivity contribution in [2.45, 2.75) is 25.0 Å². The molecule has 9 heteroatoms. The summed E-state index contributed by atoms with van der Waals surface area (Å²) in [4.78, 5) is 6.69. The van der Waals surface area contributed by atoms with Crippen LogP contribution in [-0.4, -0.2) is 83.2 Å². The summed E-state index contributed by atoms with van der Waals surface area (Å²) in [6.07, 6.45) is 2.14. The summed E-state index contributed by atoms with van der Waals surface area (Å²) in [7, 11) is 1.77. The molecule has 2 aliphatic heterocycles. The zero-order valence-corrected chi connectivity index (χ0v) is 20.0. The van der Waals surface area contributed by atoms with E-state index in [0.29, 0.717) is 19.8 Å². The minimum Gasteiger partial charge on any atom is -0.379 e. The van der Waals surface area contributed by atoms with Crippen molar-refractivity contribution in [3.63, 3.8) is 0 Å². The van der Waals surface area contributed by atoms with Crippen LogP contribution >= 0.6 is 24.0 Å². The van der Waals surface area contributed by atoms with Crippen LogP contribution in [0.3, 0.4) is 0 Å². The third-order valence-corrected chi connectivity index (χ3v) is 5.28. The average molecular weight is 536 g/mol. The number of ether oxygens (including phenoxy) is 3. The van der Waals surface area contributed by atoms with Crippen LogP contribution in [0.2, 0.25) is 0 Å². The van der Waals surface area contributed by atoms with Crippen LogP contribution in [0.25, 0.3) is 0 Å². The van der Waals surface area contributed by atoms with Gasteiger partial charge in [0.25, 0.3) is 0 Å². The second kappa shape index (κ2) is 14.1. The molecule has 2 aliphatic rings. The molecule has 0 radical (unpaired) electrons. The van der Waals surface area contributed by atoms with Gasteiger partial charge in [0.05, 0.1) is 32.0 Å². The van der Waals surface area contributed by atoms with Crippen molar-refractivity contribution in [3.05, 3.63) is 35.6 Å². The van der Waals surface area contributed by atoms with Gasteiger partial charge in [-0.1, -0.05) is 12.1 Å². The van der Waals surface area contributed by atoms with E-state index in [4.69, 9.17) is 14.2 Å². The Kier molecular flexibility index (Phi) is 11.9. The monoisotopic (exact) mass is 536 g/mol. The van der Waals surface area contributed by atoms with Crippen LogP contribution < -0.4 is 10.6 Å². The number of nitrogens with zero attached hydrogens (tertiary/aromatic N) is 2. The molecule has 0 aliphatic carbocycles. The Morgan fingerprint density at radius 3 is 2.63 bits per heavy atom. The van der Waals surface area contributed by atoms with Crippen LogP contribution in [0.1, 0.15) is 24.4 Å². The van der Waals surface area contributed by atoms with Crippen LogP contribution in [0.15, 0.2) is 29.3 Å². The van der Waals surface area contributed by atoms with Crippen LogP contribution in [-0.2, 0) is 14.2 Å². The highest BCUT2D eigenvalue weighted by atomic mass is 127. The molecule has 0 bridgehead atoms. The Morgan fingerprint density at radius 2 is 1.97 bits per heavy atom. The van der Waals surface area contributed by atoms with E-state index in [1.165, 1.54) is 12.1 Å². The van der Waals surface area contributed by atoms with E-state index in [0.717, 1.165) is 63.8 Å². The van der Waals surface area contributed by atoms with E-state index in [-0.39, 0.29) is 41.9 Å². The van der Waals surface area contributed by atoms with Gasteiger partial charge < -0.3 is 24.8 Å². The van der Waals surface area contributed by atoms with Gasteiger partial charge in [0.1, 0.15) is 5.82 Å². The molecule has 2 N–H and O–H groups in total. The molecule has 0 saturated carbocycles. The van der Waals surface area contributed by atoms with Crippen molar-refractivity contribution < 1.29 is 18.6 Å². The highest BCUT2D eigenvalue weighted by Crippen LogP contribution is 2.21. The van der Waals surface area contributed by atoms with E-state index in [2.05, 4.69) is 20.5 Å². The number of nitrogens with one attached hydrogen (secondary N) is 2. The highest BCUT2D eigenvalue weighted by molar-refractivity contribution is 14.0. The lowest BCUT2D eigenvalue weighted by molar-refractivity contribution is 0.0170. The van der Waals surface area contributed by atoms with Gasteiger partial charge in [0, 0.05) is 46.4 Å². The third-order valence-electron chi connectivity index (χ3n) is 5.28. The van der Waals surface area contributed by atoms with E-state index >= 15 is 0 Å². The molecule has 3 rings (SSSR count). The van der Waals surface area contributed by atoms with Crippen molar-refractivity contribution in [2.75, 3.05) is 66.3 Å². The van der Waals surface area contributed by atoms with Crippen LogP contribution in [0, 0.1) is 5.82 Å². The normalized spacial score (nSPS) is 21.1. The van der Waals surface area contributed by atoms with Crippen molar-refractivity contribution >= 4 is 29.9 Å². The maximum atomic E-state index is 13.4. The Balaban J connectivity index is 0.00000320. The molecule has 2 heterocycles. The molecule has 1 aromatic carbocycles. The summed E-state index contributed by atoms with van der Waals surface area (Å²) in [6, 6.07) is 6.88. The number of rotatable bonds is 9. The topological polar surface area (TPSA) is 67.4 Å². The average Bonchev–Trinajstić information content (AvgIpc) is 3.27. The maximum Gasteiger partial charge on any atom is 0.191 e. The summed E-state index contributed by atoms with van der Waals surface area (Å²) in [5.74, 6) is 0.542. The largest absolute Gasteiger partial charge is 0.379 e. The second-order valence-corrected chi connectivity index (χ2v) is 7.31. The van der Waals surface area contributed by atoms with Gasteiger partial charge in [-0.3, -0.25) is 9.89 Å². The lowest BCUT2D eigenvalue weighted by Crippen LogP contribution is -2.46. The molecule has 2 atom stereocenters. The van der Waals surface area contributed by atoms with E-state index in [1.807, 2.05) is 12.1 Å². The van der Waals surface area contributed by atoms with E-state index in [1.54, 1.807) is 7.05 Å². The first-order valence-electron chi connectivity index (χ1n) is 10.5. The molecule has 170 valence electrons. The van der Waals surface area contributed by atoms with Gasteiger partial charge in [-0.2, -0.15) is 0 Å². The first kappa shape index (κ1) is 25.3. The summed E-state index contributed by atoms with van der Waals surface area (Å²) < 4.78 is 30.0. The lowest BCUT2D eigenvalue weighted by Gasteiger charge is -2.35. The predicted molar refractivity (Wildman–Crippen MR) is 126 cm³/mol. The van der Waals surface area contributed by atoms with Crippen molar-refractivity contribution in [3.8, 4) is 0 Å². The van der Waals surface area contributed by atoms with Crippen LogP contribution in [0.5, 0.6) is 0 Å². The van der Waals surface area contributed by atoms with Gasteiger partial charge in [-0.05, 0) is 30.5 Å². The van der Waals surface area contributed by atoms with Crippen LogP contribution in [0.4, 0.5) is 4.39 Å². The van der Waals surface area contributed by atoms with Gasteiger partial charge in [0.2, 0.25) is 0 Å². The number of benzene rings is 1. The Bertz CT molecular complexity index is 623. The van der Waals surface area contributed by atoms with Crippen molar-refractivity contribution in [1.29, 1.82) is 0 Å². The number of hydrogen-bond donors (Lipinski definition) is 2. The summed E-state index contributed by atoms with van der Waals surface area (Å²) >= 11 is 0. The Morgan fingerprint density at radius 1 is 1.20 bits per heavy atom. The molecule has 7 nitrogen and oxygen atoms in total. The molecule has 0 spiro atoms. The zero-order chi connectivity index (χ0) is 20.3. The summed E-state index contributed by atoms with van der Waals surface area (Å²) in [5.41, 5.74) is 1.09. The van der Waals surface area contributed by atoms with E-state index in [9.17, 15) is 4.39 Å². The fourth-order valence-corrected chi connectivity index (χ4v) is 3.62. The molecule has 0 aromatic heterocycles. The summed E-state index contributed by atoms with van der Waals surface area (Å²) in [6.45, 7) is 6.85. The highest BCUT2D eigenvalue weighted by Gasteiger charge is 2.23. The molecular formula is C21H34FIN4O3.